The summed E-state index contributed by atoms with van der Waals surface area (Å²) < 4.78 is 0. The van der Waals surface area contributed by atoms with Crippen molar-refractivity contribution in [2.45, 2.75) is 38.5 Å². The number of phenolic OH excluding ortho intramolecular Hbond substituents is 1. The molecule has 0 fully saturated rings. The van der Waals surface area contributed by atoms with Crippen molar-refractivity contribution in [1.82, 2.24) is 0 Å². The number of aromatic hydroxyl groups is 1. The molecule has 0 aliphatic carbocycles. The minimum Gasteiger partial charge on any atom is -0.508 e. The number of hydrogen-bond donors (Lipinski definition) is 1. The van der Waals surface area contributed by atoms with E-state index in [4.69, 9.17) is 5.26 Å². The fourth-order valence-electron chi connectivity index (χ4n) is 3.03. The highest BCUT2D eigenvalue weighted by Gasteiger charge is 2.21. The summed E-state index contributed by atoms with van der Waals surface area (Å²) in [6, 6.07) is 17.6. The Morgan fingerprint density at radius 2 is 1.29 bits per heavy atom. The van der Waals surface area contributed by atoms with Gasteiger partial charge in [-0.2, -0.15) is 5.26 Å². The van der Waals surface area contributed by atoms with Crippen LogP contribution in [-0.2, 0) is 0 Å². The Balaban J connectivity index is 2.32. The molecule has 2 heteroatoms. The van der Waals surface area contributed by atoms with E-state index in [1.165, 1.54) is 11.1 Å². The predicted molar refractivity (Wildman–Crippen MR) is 85.3 cm³/mol. The third kappa shape index (κ3) is 3.44. The van der Waals surface area contributed by atoms with Crippen molar-refractivity contribution in [3.05, 3.63) is 65.2 Å². The smallest absolute Gasteiger partial charge is 0.115 e. The Morgan fingerprint density at radius 1 is 0.857 bits per heavy atom. The zero-order valence-corrected chi connectivity index (χ0v) is 12.6. The first-order chi connectivity index (χ1) is 10.2. The Hall–Kier alpha value is -2.27. The summed E-state index contributed by atoms with van der Waals surface area (Å²) in [5.74, 6) is 1.15. The van der Waals surface area contributed by atoms with Crippen LogP contribution in [0.2, 0.25) is 0 Å². The Kier molecular flexibility index (Phi) is 5.00. The molecule has 0 radical (unpaired) electrons. The zero-order valence-electron chi connectivity index (χ0n) is 12.6. The number of nitrogens with zero attached hydrogens (tertiary/aromatic N) is 1. The molecular weight excluding hydrogens is 258 g/mol. The van der Waals surface area contributed by atoms with Crippen molar-refractivity contribution < 1.29 is 5.11 Å². The maximum Gasteiger partial charge on any atom is 0.115 e. The normalized spacial score (nSPS) is 13.4. The van der Waals surface area contributed by atoms with Gasteiger partial charge in [0.25, 0.3) is 0 Å². The molecule has 0 saturated heterocycles. The number of nitriles is 1. The number of benzene rings is 2. The van der Waals surface area contributed by atoms with E-state index in [0.29, 0.717) is 23.1 Å². The van der Waals surface area contributed by atoms with Gasteiger partial charge in [-0.05, 0) is 60.1 Å². The van der Waals surface area contributed by atoms with Crippen molar-refractivity contribution in [2.24, 2.45) is 0 Å². The van der Waals surface area contributed by atoms with Crippen LogP contribution in [0.4, 0.5) is 0 Å². The van der Waals surface area contributed by atoms with E-state index in [2.05, 4.69) is 32.0 Å². The monoisotopic (exact) mass is 279 g/mol. The molecule has 0 aliphatic rings. The first-order valence-electron chi connectivity index (χ1n) is 7.48. The van der Waals surface area contributed by atoms with Crippen LogP contribution in [0.15, 0.2) is 48.5 Å². The highest BCUT2D eigenvalue weighted by atomic mass is 16.3. The molecule has 2 aromatic carbocycles. The second-order valence-electron chi connectivity index (χ2n) is 5.35. The fourth-order valence-corrected chi connectivity index (χ4v) is 3.03. The maximum absolute atomic E-state index is 9.45. The van der Waals surface area contributed by atoms with Crippen LogP contribution in [0.25, 0.3) is 0 Å². The molecule has 0 amide bonds. The molecule has 108 valence electrons. The van der Waals surface area contributed by atoms with Crippen molar-refractivity contribution in [3.63, 3.8) is 0 Å². The number of rotatable bonds is 5. The van der Waals surface area contributed by atoms with Gasteiger partial charge in [-0.15, -0.1) is 0 Å². The maximum atomic E-state index is 9.45. The first-order valence-corrected chi connectivity index (χ1v) is 7.48. The van der Waals surface area contributed by atoms with Gasteiger partial charge >= 0.3 is 0 Å². The van der Waals surface area contributed by atoms with E-state index in [1.807, 2.05) is 24.3 Å². The van der Waals surface area contributed by atoms with Gasteiger partial charge in [-0.3, -0.25) is 0 Å². The topological polar surface area (TPSA) is 44.0 Å². The van der Waals surface area contributed by atoms with E-state index in [-0.39, 0.29) is 0 Å². The standard InChI is InChI=1S/C19H21NO/c1-3-18(15-7-5-14(13-20)6-8-15)19(4-2)16-9-11-17(21)12-10-16/h5-12,18-19,21H,3-4H2,1-2H3/t18-,19+/m0/s1. The minimum atomic E-state index is 0.306. The van der Waals surface area contributed by atoms with Crippen LogP contribution in [0, 0.1) is 11.3 Å². The van der Waals surface area contributed by atoms with E-state index in [1.54, 1.807) is 12.1 Å². The Labute approximate surface area is 126 Å². The van der Waals surface area contributed by atoms with Gasteiger partial charge in [0, 0.05) is 0 Å². The van der Waals surface area contributed by atoms with Gasteiger partial charge in [-0.25, -0.2) is 0 Å². The summed E-state index contributed by atoms with van der Waals surface area (Å²) in [6.45, 7) is 4.40. The largest absolute Gasteiger partial charge is 0.508 e. The number of phenols is 1. The quantitative estimate of drug-likeness (QED) is 0.841. The lowest BCUT2D eigenvalue weighted by Gasteiger charge is -2.26. The molecule has 2 nitrogen and oxygen atoms in total. The highest BCUT2D eigenvalue weighted by Crippen LogP contribution is 2.38. The molecule has 0 aromatic heterocycles. The molecular formula is C19H21NO. The zero-order chi connectivity index (χ0) is 15.2. The van der Waals surface area contributed by atoms with Gasteiger partial charge < -0.3 is 5.11 Å². The summed E-state index contributed by atoms with van der Waals surface area (Å²) in [5, 5.41) is 18.4. The molecule has 0 aliphatic heterocycles. The van der Waals surface area contributed by atoms with Gasteiger partial charge in [0.2, 0.25) is 0 Å². The van der Waals surface area contributed by atoms with Crippen molar-refractivity contribution >= 4 is 0 Å². The summed E-state index contributed by atoms with van der Waals surface area (Å²) in [5.41, 5.74) is 3.23. The number of hydrogen-bond acceptors (Lipinski definition) is 2. The van der Waals surface area contributed by atoms with Crippen molar-refractivity contribution in [3.8, 4) is 11.8 Å². The molecule has 2 atom stereocenters. The van der Waals surface area contributed by atoms with Gasteiger partial charge in [0.1, 0.15) is 5.75 Å². The van der Waals surface area contributed by atoms with E-state index < -0.39 is 0 Å². The highest BCUT2D eigenvalue weighted by molar-refractivity contribution is 5.36. The molecule has 1 N–H and O–H groups in total. The molecule has 21 heavy (non-hydrogen) atoms. The average Bonchev–Trinajstić information content (AvgIpc) is 2.54. The van der Waals surface area contributed by atoms with Crippen LogP contribution >= 0.6 is 0 Å². The second kappa shape index (κ2) is 6.95. The molecule has 0 unspecified atom stereocenters. The molecule has 0 saturated carbocycles. The summed E-state index contributed by atoms with van der Waals surface area (Å²) in [6.07, 6.45) is 2.09. The molecule has 0 heterocycles. The van der Waals surface area contributed by atoms with Gasteiger partial charge in [-0.1, -0.05) is 38.1 Å². The molecule has 2 aromatic rings. The summed E-state index contributed by atoms with van der Waals surface area (Å²) in [4.78, 5) is 0. The Bertz CT molecular complexity index is 608. The predicted octanol–water partition coefficient (Wildman–Crippen LogP) is 4.95. The van der Waals surface area contributed by atoms with Crippen molar-refractivity contribution in [1.29, 1.82) is 5.26 Å². The van der Waals surface area contributed by atoms with Gasteiger partial charge in [0.05, 0.1) is 11.6 Å². The van der Waals surface area contributed by atoms with Crippen LogP contribution in [0.5, 0.6) is 5.75 Å². The lowest BCUT2D eigenvalue weighted by atomic mass is 9.78. The van der Waals surface area contributed by atoms with Gasteiger partial charge in [0.15, 0.2) is 0 Å². The first kappa shape index (κ1) is 15.1. The lowest BCUT2D eigenvalue weighted by Crippen LogP contribution is -2.10. The molecule has 0 bridgehead atoms. The summed E-state index contributed by atoms with van der Waals surface area (Å²) in [7, 11) is 0. The molecule has 2 rings (SSSR count). The van der Waals surface area contributed by atoms with Crippen LogP contribution in [0.1, 0.15) is 55.2 Å². The molecule has 0 spiro atoms. The van der Waals surface area contributed by atoms with Crippen molar-refractivity contribution in [2.75, 3.05) is 0 Å². The minimum absolute atomic E-state index is 0.306. The SMILES string of the molecule is CC[C@H](c1ccc(O)cc1)[C@@H](CC)c1ccc(C#N)cc1. The van der Waals surface area contributed by atoms with E-state index >= 15 is 0 Å². The Morgan fingerprint density at radius 3 is 1.67 bits per heavy atom. The summed E-state index contributed by atoms with van der Waals surface area (Å²) >= 11 is 0. The van der Waals surface area contributed by atoms with E-state index in [0.717, 1.165) is 12.8 Å². The third-order valence-electron chi connectivity index (χ3n) is 4.15. The van der Waals surface area contributed by atoms with E-state index in [9.17, 15) is 5.11 Å². The lowest BCUT2D eigenvalue weighted by molar-refractivity contribution is 0.473. The van der Waals surface area contributed by atoms with Crippen LogP contribution in [0.3, 0.4) is 0 Å². The van der Waals surface area contributed by atoms with Crippen LogP contribution < -0.4 is 0 Å². The third-order valence-corrected chi connectivity index (χ3v) is 4.15. The van der Waals surface area contributed by atoms with Crippen LogP contribution in [-0.4, -0.2) is 5.11 Å². The average molecular weight is 279 g/mol. The fraction of sp³-hybridized carbons (Fsp3) is 0.316. The second-order valence-corrected chi connectivity index (χ2v) is 5.35.